The predicted octanol–water partition coefficient (Wildman–Crippen LogP) is 1.98. The molecule has 0 bridgehead atoms. The second-order valence-corrected chi connectivity index (χ2v) is 4.38. The van der Waals surface area contributed by atoms with Gasteiger partial charge in [0.25, 0.3) is 0 Å². The van der Waals surface area contributed by atoms with Crippen LogP contribution in [0.25, 0.3) is 0 Å². The molecule has 5 nitrogen and oxygen atoms in total. The van der Waals surface area contributed by atoms with E-state index in [1.54, 1.807) is 30.3 Å². The summed E-state index contributed by atoms with van der Waals surface area (Å²) in [5.74, 6) is -0.661. The highest BCUT2D eigenvalue weighted by Gasteiger charge is 2.13. The number of aromatic nitrogens is 1. The molecule has 6 heteroatoms. The number of rotatable bonds is 4. The Morgan fingerprint density at radius 3 is 2.50 bits per heavy atom. The molecule has 2 N–H and O–H groups in total. The van der Waals surface area contributed by atoms with Crippen LogP contribution < -0.4 is 10.5 Å². The van der Waals surface area contributed by atoms with Gasteiger partial charge in [-0.3, -0.25) is 4.79 Å². The van der Waals surface area contributed by atoms with Crippen molar-refractivity contribution in [3.05, 3.63) is 58.9 Å². The number of primary amides is 1. The maximum absolute atomic E-state index is 11.9. The summed E-state index contributed by atoms with van der Waals surface area (Å²) >= 11 is 5.80. The number of hydrogen-bond acceptors (Lipinski definition) is 4. The van der Waals surface area contributed by atoms with Crippen LogP contribution in [0.15, 0.2) is 42.6 Å². The summed E-state index contributed by atoms with van der Waals surface area (Å²) in [5.41, 5.74) is 6.03. The lowest BCUT2D eigenvalue weighted by molar-refractivity contribution is -0.117. The van der Waals surface area contributed by atoms with Crippen LogP contribution in [0.3, 0.4) is 0 Å². The number of carbonyl (C=O) groups is 2. The SMILES string of the molecule is NC(=O)Cc1ccc(OC(=O)c2cccnc2Cl)cc1. The Kier molecular flexibility index (Phi) is 4.32. The molecule has 0 saturated carbocycles. The van der Waals surface area contributed by atoms with Crippen LogP contribution in [0.5, 0.6) is 5.75 Å². The number of ether oxygens (including phenoxy) is 1. The van der Waals surface area contributed by atoms with Gasteiger partial charge in [-0.1, -0.05) is 23.7 Å². The number of nitrogens with zero attached hydrogens (tertiary/aromatic N) is 1. The first-order valence-corrected chi connectivity index (χ1v) is 6.14. The van der Waals surface area contributed by atoms with Crippen LogP contribution >= 0.6 is 11.6 Å². The van der Waals surface area contributed by atoms with Gasteiger partial charge in [-0.2, -0.15) is 0 Å². The molecule has 0 aliphatic heterocycles. The van der Waals surface area contributed by atoms with E-state index in [-0.39, 0.29) is 17.1 Å². The number of amides is 1. The van der Waals surface area contributed by atoms with Gasteiger partial charge in [0.2, 0.25) is 5.91 Å². The van der Waals surface area contributed by atoms with E-state index in [2.05, 4.69) is 4.98 Å². The normalized spacial score (nSPS) is 10.1. The zero-order chi connectivity index (χ0) is 14.5. The first-order valence-electron chi connectivity index (χ1n) is 5.76. The Balaban J connectivity index is 2.09. The highest BCUT2D eigenvalue weighted by molar-refractivity contribution is 6.32. The molecule has 20 heavy (non-hydrogen) atoms. The number of nitrogens with two attached hydrogens (primary N) is 1. The summed E-state index contributed by atoms with van der Waals surface area (Å²) in [7, 11) is 0. The Morgan fingerprint density at radius 2 is 1.90 bits per heavy atom. The third kappa shape index (κ3) is 3.55. The van der Waals surface area contributed by atoms with Crippen molar-refractivity contribution in [2.24, 2.45) is 5.73 Å². The monoisotopic (exact) mass is 290 g/mol. The Morgan fingerprint density at radius 1 is 1.20 bits per heavy atom. The molecule has 0 spiro atoms. The summed E-state index contributed by atoms with van der Waals surface area (Å²) in [6.45, 7) is 0. The first-order chi connectivity index (χ1) is 9.56. The van der Waals surface area contributed by atoms with Crippen molar-refractivity contribution < 1.29 is 14.3 Å². The van der Waals surface area contributed by atoms with Crippen LogP contribution in [0.2, 0.25) is 5.15 Å². The number of hydrogen-bond donors (Lipinski definition) is 1. The van der Waals surface area contributed by atoms with Gasteiger partial charge in [0, 0.05) is 6.20 Å². The quantitative estimate of drug-likeness (QED) is 0.530. The molecule has 0 atom stereocenters. The summed E-state index contributed by atoms with van der Waals surface area (Å²) in [6.07, 6.45) is 1.63. The van der Waals surface area contributed by atoms with E-state index in [0.29, 0.717) is 5.75 Å². The zero-order valence-electron chi connectivity index (χ0n) is 10.4. The Bertz CT molecular complexity index is 641. The molecular formula is C14H11ClN2O3. The second kappa shape index (κ2) is 6.16. The van der Waals surface area contributed by atoms with Crippen molar-refractivity contribution in [1.82, 2.24) is 4.98 Å². The smallest absolute Gasteiger partial charge is 0.346 e. The largest absolute Gasteiger partial charge is 0.423 e. The van der Waals surface area contributed by atoms with Gasteiger partial charge < -0.3 is 10.5 Å². The molecule has 1 amide bonds. The highest BCUT2D eigenvalue weighted by atomic mass is 35.5. The maximum atomic E-state index is 11.9. The van der Waals surface area contributed by atoms with Crippen LogP contribution in [0, 0.1) is 0 Å². The van der Waals surface area contributed by atoms with E-state index in [1.807, 2.05) is 0 Å². The molecule has 0 unspecified atom stereocenters. The summed E-state index contributed by atoms with van der Waals surface area (Å²) in [6, 6.07) is 9.62. The van der Waals surface area contributed by atoms with Crippen LogP contribution in [-0.4, -0.2) is 16.9 Å². The van der Waals surface area contributed by atoms with E-state index < -0.39 is 11.9 Å². The molecule has 0 saturated heterocycles. The molecule has 0 fully saturated rings. The topological polar surface area (TPSA) is 82.3 Å². The minimum Gasteiger partial charge on any atom is -0.423 e. The third-order valence-electron chi connectivity index (χ3n) is 2.49. The highest BCUT2D eigenvalue weighted by Crippen LogP contribution is 2.17. The minimum absolute atomic E-state index is 0.0860. The second-order valence-electron chi connectivity index (χ2n) is 4.02. The standard InChI is InChI=1S/C14H11ClN2O3/c15-13-11(2-1-7-17-13)14(19)20-10-5-3-9(4-6-10)8-12(16)18/h1-7H,8H2,(H2,16,18). The zero-order valence-corrected chi connectivity index (χ0v) is 11.1. The molecule has 102 valence electrons. The molecular weight excluding hydrogens is 280 g/mol. The predicted molar refractivity (Wildman–Crippen MR) is 73.5 cm³/mol. The van der Waals surface area contributed by atoms with E-state index in [0.717, 1.165) is 5.56 Å². The minimum atomic E-state index is -0.592. The molecule has 1 aromatic carbocycles. The van der Waals surface area contributed by atoms with E-state index in [9.17, 15) is 9.59 Å². The lowest BCUT2D eigenvalue weighted by Gasteiger charge is -2.06. The number of pyridine rings is 1. The fourth-order valence-electron chi connectivity index (χ4n) is 1.58. The van der Waals surface area contributed by atoms with Crippen molar-refractivity contribution >= 4 is 23.5 Å². The van der Waals surface area contributed by atoms with Crippen molar-refractivity contribution in [1.29, 1.82) is 0 Å². The number of carbonyl (C=O) groups excluding carboxylic acids is 2. The maximum Gasteiger partial charge on any atom is 0.346 e. The average Bonchev–Trinajstić information content (AvgIpc) is 2.41. The number of esters is 1. The summed E-state index contributed by atoms with van der Waals surface area (Å²) in [4.78, 5) is 26.4. The Labute approximate surface area is 120 Å². The van der Waals surface area contributed by atoms with Crippen LogP contribution in [0.4, 0.5) is 0 Å². The van der Waals surface area contributed by atoms with E-state index >= 15 is 0 Å². The van der Waals surface area contributed by atoms with Gasteiger partial charge in [0.05, 0.1) is 12.0 Å². The van der Waals surface area contributed by atoms with Gasteiger partial charge in [0.1, 0.15) is 10.9 Å². The van der Waals surface area contributed by atoms with Crippen molar-refractivity contribution in [2.45, 2.75) is 6.42 Å². The molecule has 0 aliphatic carbocycles. The third-order valence-corrected chi connectivity index (χ3v) is 2.79. The molecule has 1 aromatic heterocycles. The number of halogens is 1. The van der Waals surface area contributed by atoms with Gasteiger partial charge >= 0.3 is 5.97 Å². The van der Waals surface area contributed by atoms with Gasteiger partial charge in [-0.15, -0.1) is 0 Å². The summed E-state index contributed by atoms with van der Waals surface area (Å²) in [5, 5.41) is 0.0860. The average molecular weight is 291 g/mol. The van der Waals surface area contributed by atoms with Crippen molar-refractivity contribution in [3.63, 3.8) is 0 Å². The first kappa shape index (κ1) is 14.0. The van der Waals surface area contributed by atoms with Crippen LogP contribution in [0.1, 0.15) is 15.9 Å². The summed E-state index contributed by atoms with van der Waals surface area (Å²) < 4.78 is 5.16. The van der Waals surface area contributed by atoms with Crippen LogP contribution in [-0.2, 0) is 11.2 Å². The van der Waals surface area contributed by atoms with Crippen molar-refractivity contribution in [2.75, 3.05) is 0 Å². The van der Waals surface area contributed by atoms with E-state index in [4.69, 9.17) is 22.1 Å². The van der Waals surface area contributed by atoms with E-state index in [1.165, 1.54) is 12.3 Å². The molecule has 0 aliphatic rings. The molecule has 2 rings (SSSR count). The fourth-order valence-corrected chi connectivity index (χ4v) is 1.77. The van der Waals surface area contributed by atoms with Gasteiger partial charge in [0.15, 0.2) is 0 Å². The molecule has 2 aromatic rings. The lowest BCUT2D eigenvalue weighted by atomic mass is 10.1. The molecule has 1 heterocycles. The Hall–Kier alpha value is -2.40. The number of benzene rings is 1. The lowest BCUT2D eigenvalue weighted by Crippen LogP contribution is -2.13. The van der Waals surface area contributed by atoms with Gasteiger partial charge in [-0.25, -0.2) is 9.78 Å². The fraction of sp³-hybridized carbons (Fsp3) is 0.0714. The molecule has 0 radical (unpaired) electrons. The van der Waals surface area contributed by atoms with Crippen molar-refractivity contribution in [3.8, 4) is 5.75 Å². The van der Waals surface area contributed by atoms with Gasteiger partial charge in [-0.05, 0) is 29.8 Å².